The molecule has 2 N–H and O–H groups in total. The van der Waals surface area contributed by atoms with Gasteiger partial charge in [-0.1, -0.05) is 42.5 Å². The van der Waals surface area contributed by atoms with Crippen molar-refractivity contribution in [1.29, 1.82) is 0 Å². The molecule has 5 nitrogen and oxygen atoms in total. The van der Waals surface area contributed by atoms with Gasteiger partial charge in [0.05, 0.1) is 6.21 Å². The highest BCUT2D eigenvalue weighted by molar-refractivity contribution is 5.85. The molecule has 1 atom stereocenters. The summed E-state index contributed by atoms with van der Waals surface area (Å²) in [5.74, 6) is -0.558. The lowest BCUT2D eigenvalue weighted by Gasteiger charge is -2.20. The zero-order valence-corrected chi connectivity index (χ0v) is 14.0. The number of aliphatic hydroxyl groups excluding tert-OH is 1. The molecule has 1 amide bonds. The fraction of sp³-hybridized carbons (Fsp3) is 0.263. The summed E-state index contributed by atoms with van der Waals surface area (Å²) < 4.78 is 0. The molecular formula is C19H23N3O2. The van der Waals surface area contributed by atoms with Crippen LogP contribution in [0.3, 0.4) is 0 Å². The third kappa shape index (κ3) is 4.67. The number of hydrogen-bond acceptors (Lipinski definition) is 4. The number of hydrogen-bond donors (Lipinski definition) is 2. The molecule has 126 valence electrons. The first-order valence-electron chi connectivity index (χ1n) is 8.06. The van der Waals surface area contributed by atoms with Crippen molar-refractivity contribution in [2.24, 2.45) is 5.10 Å². The number of benzene rings is 2. The molecule has 0 saturated carbocycles. The van der Waals surface area contributed by atoms with E-state index in [1.807, 2.05) is 30.3 Å². The van der Waals surface area contributed by atoms with Gasteiger partial charge in [-0.05, 0) is 37.1 Å². The second-order valence-corrected chi connectivity index (χ2v) is 5.31. The van der Waals surface area contributed by atoms with Gasteiger partial charge in [0.15, 0.2) is 6.10 Å². The molecule has 24 heavy (non-hydrogen) atoms. The van der Waals surface area contributed by atoms with Gasteiger partial charge in [-0.15, -0.1) is 0 Å². The van der Waals surface area contributed by atoms with E-state index in [2.05, 4.69) is 29.3 Å². The number of hydrazone groups is 1. The first-order valence-corrected chi connectivity index (χ1v) is 8.06. The van der Waals surface area contributed by atoms with Crippen molar-refractivity contribution < 1.29 is 9.90 Å². The SMILES string of the molecule is CCN(CC)c1ccc(/C=N\NC(=O)[C@@H](O)c2ccccc2)cc1. The van der Waals surface area contributed by atoms with Crippen LogP contribution >= 0.6 is 0 Å². The maximum atomic E-state index is 11.9. The molecule has 0 aliphatic rings. The van der Waals surface area contributed by atoms with Crippen molar-refractivity contribution in [3.8, 4) is 0 Å². The number of nitrogens with one attached hydrogen (secondary N) is 1. The van der Waals surface area contributed by atoms with E-state index in [-0.39, 0.29) is 0 Å². The summed E-state index contributed by atoms with van der Waals surface area (Å²) in [6, 6.07) is 16.7. The average Bonchev–Trinajstić information content (AvgIpc) is 2.64. The summed E-state index contributed by atoms with van der Waals surface area (Å²) in [6.45, 7) is 6.15. The highest BCUT2D eigenvalue weighted by Crippen LogP contribution is 2.14. The van der Waals surface area contributed by atoms with Crippen molar-refractivity contribution in [2.75, 3.05) is 18.0 Å². The molecule has 0 heterocycles. The highest BCUT2D eigenvalue weighted by Gasteiger charge is 2.15. The number of amides is 1. The van der Waals surface area contributed by atoms with Crippen LogP contribution < -0.4 is 10.3 Å². The van der Waals surface area contributed by atoms with E-state index in [0.29, 0.717) is 5.56 Å². The zero-order chi connectivity index (χ0) is 17.4. The van der Waals surface area contributed by atoms with E-state index in [9.17, 15) is 9.90 Å². The van der Waals surface area contributed by atoms with Gasteiger partial charge in [-0.2, -0.15) is 5.10 Å². The fourth-order valence-corrected chi connectivity index (χ4v) is 2.38. The highest BCUT2D eigenvalue weighted by atomic mass is 16.3. The molecular weight excluding hydrogens is 302 g/mol. The molecule has 0 saturated heterocycles. The van der Waals surface area contributed by atoms with Gasteiger partial charge in [0.2, 0.25) is 0 Å². The van der Waals surface area contributed by atoms with Crippen molar-refractivity contribution in [3.05, 3.63) is 65.7 Å². The Hall–Kier alpha value is -2.66. The molecule has 0 bridgehead atoms. The molecule has 2 aromatic carbocycles. The first-order chi connectivity index (χ1) is 11.7. The average molecular weight is 325 g/mol. The van der Waals surface area contributed by atoms with Crippen molar-refractivity contribution in [1.82, 2.24) is 5.43 Å². The molecule has 2 aromatic rings. The number of anilines is 1. The van der Waals surface area contributed by atoms with E-state index < -0.39 is 12.0 Å². The van der Waals surface area contributed by atoms with Gasteiger partial charge in [-0.3, -0.25) is 4.79 Å². The Labute approximate surface area is 142 Å². The van der Waals surface area contributed by atoms with Crippen LogP contribution in [0.25, 0.3) is 0 Å². The van der Waals surface area contributed by atoms with Crippen molar-refractivity contribution >= 4 is 17.8 Å². The molecule has 0 spiro atoms. The Balaban J connectivity index is 1.93. The van der Waals surface area contributed by atoms with Crippen LogP contribution in [0, 0.1) is 0 Å². The molecule has 2 rings (SSSR count). The third-order valence-electron chi connectivity index (χ3n) is 3.77. The van der Waals surface area contributed by atoms with Crippen molar-refractivity contribution in [2.45, 2.75) is 20.0 Å². The molecule has 0 fully saturated rings. The van der Waals surface area contributed by atoms with Crippen LogP contribution in [0.5, 0.6) is 0 Å². The maximum absolute atomic E-state index is 11.9. The van der Waals surface area contributed by atoms with Gasteiger partial charge < -0.3 is 10.0 Å². The van der Waals surface area contributed by atoms with E-state index in [1.165, 1.54) is 0 Å². The second kappa shape index (κ2) is 8.84. The van der Waals surface area contributed by atoms with Crippen LogP contribution in [0.2, 0.25) is 0 Å². The Morgan fingerprint density at radius 2 is 1.75 bits per heavy atom. The minimum absolute atomic E-state index is 0.536. The molecule has 5 heteroatoms. The van der Waals surface area contributed by atoms with Gasteiger partial charge in [0, 0.05) is 18.8 Å². The van der Waals surface area contributed by atoms with Gasteiger partial charge in [-0.25, -0.2) is 5.43 Å². The monoisotopic (exact) mass is 325 g/mol. The number of nitrogens with zero attached hydrogens (tertiary/aromatic N) is 2. The summed E-state index contributed by atoms with van der Waals surface area (Å²) in [7, 11) is 0. The van der Waals surface area contributed by atoms with Gasteiger partial charge in [0.1, 0.15) is 0 Å². The fourth-order valence-electron chi connectivity index (χ4n) is 2.38. The summed E-state index contributed by atoms with van der Waals surface area (Å²) in [5.41, 5.74) is 4.92. The van der Waals surface area contributed by atoms with E-state index in [0.717, 1.165) is 24.3 Å². The topological polar surface area (TPSA) is 64.9 Å². The third-order valence-corrected chi connectivity index (χ3v) is 3.77. The van der Waals surface area contributed by atoms with Gasteiger partial charge in [0.25, 0.3) is 5.91 Å². The second-order valence-electron chi connectivity index (χ2n) is 5.31. The van der Waals surface area contributed by atoms with Crippen LogP contribution in [0.15, 0.2) is 59.7 Å². The lowest BCUT2D eigenvalue weighted by Crippen LogP contribution is -2.25. The molecule has 0 aliphatic heterocycles. The molecule has 0 aliphatic carbocycles. The van der Waals surface area contributed by atoms with Crippen molar-refractivity contribution in [3.63, 3.8) is 0 Å². The molecule has 0 aromatic heterocycles. The predicted molar refractivity (Wildman–Crippen MR) is 97.1 cm³/mol. The van der Waals surface area contributed by atoms with Gasteiger partial charge >= 0.3 is 0 Å². The number of aliphatic hydroxyl groups is 1. The standard InChI is InChI=1S/C19H23N3O2/c1-3-22(4-2)17-12-10-15(11-13-17)14-20-21-19(24)18(23)16-8-6-5-7-9-16/h5-14,18,23H,3-4H2,1-2H3,(H,21,24)/b20-14-/t18-/m0/s1. The maximum Gasteiger partial charge on any atom is 0.273 e. The summed E-state index contributed by atoms with van der Waals surface area (Å²) in [6.07, 6.45) is 0.329. The zero-order valence-electron chi connectivity index (χ0n) is 14.0. The number of carbonyl (C=O) groups is 1. The minimum atomic E-state index is -1.23. The summed E-state index contributed by atoms with van der Waals surface area (Å²) >= 11 is 0. The lowest BCUT2D eigenvalue weighted by molar-refractivity contribution is -0.129. The summed E-state index contributed by atoms with van der Waals surface area (Å²) in [4.78, 5) is 14.1. The Kier molecular flexibility index (Phi) is 6.51. The largest absolute Gasteiger partial charge is 0.378 e. The van der Waals surface area contributed by atoms with E-state index in [4.69, 9.17) is 0 Å². The van der Waals surface area contributed by atoms with E-state index >= 15 is 0 Å². The van der Waals surface area contributed by atoms with Crippen LogP contribution in [-0.4, -0.2) is 30.3 Å². The van der Waals surface area contributed by atoms with Crippen LogP contribution in [-0.2, 0) is 4.79 Å². The Morgan fingerprint density at radius 1 is 1.12 bits per heavy atom. The smallest absolute Gasteiger partial charge is 0.273 e. The first kappa shape index (κ1) is 17.7. The predicted octanol–water partition coefficient (Wildman–Crippen LogP) is 2.72. The number of rotatable bonds is 7. The van der Waals surface area contributed by atoms with Crippen LogP contribution in [0.4, 0.5) is 5.69 Å². The van der Waals surface area contributed by atoms with Crippen LogP contribution in [0.1, 0.15) is 31.1 Å². The number of carbonyl (C=O) groups excluding carboxylic acids is 1. The minimum Gasteiger partial charge on any atom is -0.378 e. The Morgan fingerprint density at radius 3 is 2.33 bits per heavy atom. The Bertz CT molecular complexity index is 665. The molecule has 0 radical (unpaired) electrons. The normalized spacial score (nSPS) is 12.1. The quantitative estimate of drug-likeness (QED) is 0.608. The lowest BCUT2D eigenvalue weighted by atomic mass is 10.1. The molecule has 0 unspecified atom stereocenters. The van der Waals surface area contributed by atoms with E-state index in [1.54, 1.807) is 30.5 Å². The summed E-state index contributed by atoms with van der Waals surface area (Å²) in [5, 5.41) is 13.9.